The molecule has 0 saturated carbocycles. The molecule has 1 heterocycles. The number of carbonyl (C=O) groups excluding carboxylic acids is 3. The van der Waals surface area contributed by atoms with Gasteiger partial charge in [0.15, 0.2) is 5.96 Å². The Hall–Kier alpha value is -3.72. The highest BCUT2D eigenvalue weighted by Crippen LogP contribution is 2.10. The van der Waals surface area contributed by atoms with Crippen LogP contribution in [0, 0.1) is 5.92 Å². The number of rotatable bonds is 16. The number of nitrogens with zero attached hydrogens (tertiary/aromatic N) is 2. The fourth-order valence-corrected chi connectivity index (χ4v) is 3.16. The topological polar surface area (TPSA) is 264 Å². The Labute approximate surface area is 208 Å². The molecule has 202 valence electrons. The number of aromatic nitrogens is 2. The standard InChI is InChI=1S/C21H37N9O6/c1-3-11(2)16(19(34)29-15(9-31)20(35)36)30-18(33)14(7-12-8-25-10-27-12)28-17(32)13(22)5-4-6-26-21(23)24/h8,10-11,13-16,31H,3-7,9,22H2,1-2H3,(H,25,27)(H,28,32)(H,29,34)(H,30,33)(H,35,36)(H4,23,24,26). The first-order chi connectivity index (χ1) is 17.0. The lowest BCUT2D eigenvalue weighted by Crippen LogP contribution is -2.59. The summed E-state index contributed by atoms with van der Waals surface area (Å²) in [6.07, 6.45) is 4.11. The van der Waals surface area contributed by atoms with Crippen LogP contribution in [0.2, 0.25) is 0 Å². The molecule has 3 amide bonds. The molecule has 0 aliphatic heterocycles. The van der Waals surface area contributed by atoms with Crippen LogP contribution in [0.1, 0.15) is 38.8 Å². The molecular weight excluding hydrogens is 474 g/mol. The van der Waals surface area contributed by atoms with Crippen molar-refractivity contribution in [1.29, 1.82) is 0 Å². The lowest BCUT2D eigenvalue weighted by Gasteiger charge is -2.27. The third kappa shape index (κ3) is 10.3. The van der Waals surface area contributed by atoms with Crippen LogP contribution in [0.3, 0.4) is 0 Å². The molecule has 12 N–H and O–H groups in total. The zero-order valence-corrected chi connectivity index (χ0v) is 20.4. The molecular formula is C21H37N9O6. The summed E-state index contributed by atoms with van der Waals surface area (Å²) in [7, 11) is 0. The molecule has 5 atom stereocenters. The largest absolute Gasteiger partial charge is 0.480 e. The fraction of sp³-hybridized carbons (Fsp3) is 0.619. The highest BCUT2D eigenvalue weighted by Gasteiger charge is 2.32. The molecule has 1 aromatic rings. The molecule has 0 bridgehead atoms. The smallest absolute Gasteiger partial charge is 0.328 e. The van der Waals surface area contributed by atoms with Crippen molar-refractivity contribution in [3.8, 4) is 0 Å². The van der Waals surface area contributed by atoms with Gasteiger partial charge >= 0.3 is 5.97 Å². The zero-order chi connectivity index (χ0) is 27.3. The summed E-state index contributed by atoms with van der Waals surface area (Å²) in [6.45, 7) is 2.97. The molecule has 0 aliphatic carbocycles. The van der Waals surface area contributed by atoms with Crippen molar-refractivity contribution in [3.05, 3.63) is 18.2 Å². The summed E-state index contributed by atoms with van der Waals surface area (Å²) >= 11 is 0. The summed E-state index contributed by atoms with van der Waals surface area (Å²) in [5, 5.41) is 25.7. The van der Waals surface area contributed by atoms with Crippen LogP contribution in [-0.2, 0) is 25.6 Å². The van der Waals surface area contributed by atoms with Gasteiger partial charge in [0, 0.05) is 24.9 Å². The third-order valence-corrected chi connectivity index (χ3v) is 5.51. The summed E-state index contributed by atoms with van der Waals surface area (Å²) in [6, 6.07) is -4.70. The van der Waals surface area contributed by atoms with Gasteiger partial charge in [0.05, 0.1) is 19.0 Å². The Kier molecular flexibility index (Phi) is 12.9. The van der Waals surface area contributed by atoms with Crippen LogP contribution in [0.25, 0.3) is 0 Å². The van der Waals surface area contributed by atoms with Crippen molar-refractivity contribution in [3.63, 3.8) is 0 Å². The minimum atomic E-state index is -1.53. The van der Waals surface area contributed by atoms with E-state index in [2.05, 4.69) is 30.9 Å². The van der Waals surface area contributed by atoms with Crippen molar-refractivity contribution < 1.29 is 29.4 Å². The number of carboxylic acids is 1. The number of carboxylic acid groups (broad SMARTS) is 1. The van der Waals surface area contributed by atoms with E-state index in [0.717, 1.165) is 0 Å². The number of aliphatic hydroxyl groups excluding tert-OH is 1. The second-order valence-corrected chi connectivity index (χ2v) is 8.35. The van der Waals surface area contributed by atoms with Crippen LogP contribution in [0.4, 0.5) is 0 Å². The van der Waals surface area contributed by atoms with Gasteiger partial charge in [0.2, 0.25) is 17.7 Å². The van der Waals surface area contributed by atoms with E-state index in [9.17, 15) is 24.3 Å². The van der Waals surface area contributed by atoms with E-state index in [1.807, 2.05) is 0 Å². The molecule has 15 nitrogen and oxygen atoms in total. The number of aliphatic carboxylic acids is 1. The molecule has 1 rings (SSSR count). The normalized spacial score (nSPS) is 15.0. The lowest BCUT2D eigenvalue weighted by molar-refractivity contribution is -0.143. The maximum absolute atomic E-state index is 13.2. The van der Waals surface area contributed by atoms with E-state index in [4.69, 9.17) is 22.3 Å². The minimum Gasteiger partial charge on any atom is -0.480 e. The molecule has 1 aromatic heterocycles. The van der Waals surface area contributed by atoms with Gasteiger partial charge in [-0.05, 0) is 18.8 Å². The van der Waals surface area contributed by atoms with Crippen LogP contribution in [0.15, 0.2) is 17.5 Å². The van der Waals surface area contributed by atoms with Crippen molar-refractivity contribution in [2.45, 2.75) is 63.7 Å². The summed E-state index contributed by atoms with van der Waals surface area (Å²) in [5.74, 6) is -3.92. The Morgan fingerprint density at radius 3 is 2.31 bits per heavy atom. The Morgan fingerprint density at radius 2 is 1.78 bits per heavy atom. The van der Waals surface area contributed by atoms with Crippen molar-refractivity contribution >= 4 is 29.7 Å². The number of carbonyl (C=O) groups is 4. The molecule has 0 aromatic carbocycles. The maximum atomic E-state index is 13.2. The number of amides is 3. The minimum absolute atomic E-state index is 0.0293. The average Bonchev–Trinajstić information content (AvgIpc) is 3.34. The fourth-order valence-electron chi connectivity index (χ4n) is 3.16. The van der Waals surface area contributed by atoms with E-state index in [1.54, 1.807) is 13.8 Å². The second-order valence-electron chi connectivity index (χ2n) is 8.35. The summed E-state index contributed by atoms with van der Waals surface area (Å²) in [5.41, 5.74) is 17.0. The molecule has 0 radical (unpaired) electrons. The Bertz CT molecular complexity index is 888. The van der Waals surface area contributed by atoms with Gasteiger partial charge < -0.3 is 48.3 Å². The van der Waals surface area contributed by atoms with Crippen LogP contribution in [0.5, 0.6) is 0 Å². The summed E-state index contributed by atoms with van der Waals surface area (Å²) < 4.78 is 0. The second kappa shape index (κ2) is 15.3. The van der Waals surface area contributed by atoms with Gasteiger partial charge in [-0.1, -0.05) is 20.3 Å². The Morgan fingerprint density at radius 1 is 1.11 bits per heavy atom. The first-order valence-corrected chi connectivity index (χ1v) is 11.5. The molecule has 0 saturated heterocycles. The highest BCUT2D eigenvalue weighted by atomic mass is 16.4. The van der Waals surface area contributed by atoms with E-state index < -0.39 is 54.5 Å². The number of aromatic amines is 1. The number of guanidine groups is 1. The Balaban J connectivity index is 2.98. The number of aliphatic imine (C=N–C) groups is 1. The predicted octanol–water partition coefficient (Wildman–Crippen LogP) is -3.09. The number of hydrogen-bond donors (Lipinski definition) is 9. The van der Waals surface area contributed by atoms with Gasteiger partial charge in [-0.2, -0.15) is 0 Å². The van der Waals surface area contributed by atoms with E-state index in [1.165, 1.54) is 12.5 Å². The molecule has 5 unspecified atom stereocenters. The number of aliphatic hydroxyl groups is 1. The average molecular weight is 512 g/mol. The van der Waals surface area contributed by atoms with Crippen molar-refractivity contribution in [2.24, 2.45) is 28.1 Å². The van der Waals surface area contributed by atoms with Gasteiger partial charge in [-0.25, -0.2) is 9.78 Å². The van der Waals surface area contributed by atoms with Crippen LogP contribution < -0.4 is 33.2 Å². The van der Waals surface area contributed by atoms with E-state index in [0.29, 0.717) is 18.5 Å². The third-order valence-electron chi connectivity index (χ3n) is 5.51. The highest BCUT2D eigenvalue weighted by molar-refractivity contribution is 5.94. The lowest BCUT2D eigenvalue weighted by atomic mass is 9.97. The number of imidazole rings is 1. The van der Waals surface area contributed by atoms with E-state index in [-0.39, 0.29) is 31.3 Å². The molecule has 15 heteroatoms. The quantitative estimate of drug-likeness (QED) is 0.0613. The van der Waals surface area contributed by atoms with Gasteiger partial charge in [0.25, 0.3) is 0 Å². The molecule has 36 heavy (non-hydrogen) atoms. The van der Waals surface area contributed by atoms with Gasteiger partial charge in [-0.3, -0.25) is 19.4 Å². The van der Waals surface area contributed by atoms with Crippen LogP contribution >= 0.6 is 0 Å². The number of hydrogen-bond acceptors (Lipinski definition) is 8. The number of H-pyrrole nitrogens is 1. The zero-order valence-electron chi connectivity index (χ0n) is 20.4. The van der Waals surface area contributed by atoms with E-state index >= 15 is 0 Å². The molecule has 0 spiro atoms. The van der Waals surface area contributed by atoms with Gasteiger partial charge in [-0.15, -0.1) is 0 Å². The van der Waals surface area contributed by atoms with Gasteiger partial charge in [0.1, 0.15) is 18.1 Å². The number of nitrogens with two attached hydrogens (primary N) is 3. The molecule has 0 aliphatic rings. The SMILES string of the molecule is CCC(C)C(NC(=O)C(Cc1cnc[nH]1)NC(=O)C(N)CCCN=C(N)N)C(=O)NC(CO)C(=O)O. The maximum Gasteiger partial charge on any atom is 0.328 e. The first-order valence-electron chi connectivity index (χ1n) is 11.5. The predicted molar refractivity (Wildman–Crippen MR) is 130 cm³/mol. The summed E-state index contributed by atoms with van der Waals surface area (Å²) in [4.78, 5) is 60.4. The first kappa shape index (κ1) is 30.3. The van der Waals surface area contributed by atoms with Crippen LogP contribution in [-0.4, -0.2) is 87.2 Å². The van der Waals surface area contributed by atoms with Crippen molar-refractivity contribution in [2.75, 3.05) is 13.2 Å². The molecule has 0 fully saturated rings. The van der Waals surface area contributed by atoms with Crippen molar-refractivity contribution in [1.82, 2.24) is 25.9 Å². The number of nitrogens with one attached hydrogen (secondary N) is 4. The monoisotopic (exact) mass is 511 g/mol.